The molecule has 1 amide bonds. The number of amides is 1. The molecule has 0 aliphatic heterocycles. The van der Waals surface area contributed by atoms with Crippen LogP contribution in [0.1, 0.15) is 23.9 Å². The first-order valence-corrected chi connectivity index (χ1v) is 7.99. The molecular formula is C15H17F3N4OS. The van der Waals surface area contributed by atoms with Crippen LogP contribution in [-0.2, 0) is 18.0 Å². The summed E-state index contributed by atoms with van der Waals surface area (Å²) < 4.78 is 39.0. The predicted octanol–water partition coefficient (Wildman–Crippen LogP) is 3.57. The van der Waals surface area contributed by atoms with Crippen LogP contribution in [0.4, 0.5) is 18.9 Å². The number of hydrogen-bond donors (Lipinski definition) is 1. The lowest BCUT2D eigenvalue weighted by Gasteiger charge is -2.14. The molecule has 5 nitrogen and oxygen atoms in total. The van der Waals surface area contributed by atoms with Gasteiger partial charge in [-0.3, -0.25) is 4.79 Å². The van der Waals surface area contributed by atoms with E-state index in [-0.39, 0.29) is 11.1 Å². The normalized spacial score (nSPS) is 13.0. The van der Waals surface area contributed by atoms with Crippen LogP contribution < -0.4 is 5.32 Å². The fraction of sp³-hybridized carbons (Fsp3) is 0.400. The molecule has 1 atom stereocenters. The number of carbonyl (C=O) groups excluding carboxylic acids is 1. The Hall–Kier alpha value is -2.03. The van der Waals surface area contributed by atoms with Gasteiger partial charge in [-0.2, -0.15) is 13.2 Å². The molecule has 2 rings (SSSR count). The lowest BCUT2D eigenvalue weighted by Crippen LogP contribution is -2.23. The van der Waals surface area contributed by atoms with Crippen LogP contribution in [0, 0.1) is 13.8 Å². The highest BCUT2D eigenvalue weighted by molar-refractivity contribution is 8.00. The van der Waals surface area contributed by atoms with Gasteiger partial charge < -0.3 is 9.88 Å². The van der Waals surface area contributed by atoms with Gasteiger partial charge in [-0.15, -0.1) is 10.2 Å². The number of rotatable bonds is 4. The van der Waals surface area contributed by atoms with Crippen LogP contribution >= 0.6 is 11.8 Å². The zero-order valence-electron chi connectivity index (χ0n) is 13.6. The Labute approximate surface area is 141 Å². The second-order valence-corrected chi connectivity index (χ2v) is 6.74. The van der Waals surface area contributed by atoms with E-state index in [0.29, 0.717) is 5.69 Å². The van der Waals surface area contributed by atoms with Crippen molar-refractivity contribution in [3.05, 3.63) is 35.2 Å². The molecule has 2 aromatic rings. The van der Waals surface area contributed by atoms with Crippen molar-refractivity contribution in [2.75, 3.05) is 5.32 Å². The van der Waals surface area contributed by atoms with Gasteiger partial charge in [-0.1, -0.05) is 23.9 Å². The average Bonchev–Trinajstić information content (AvgIpc) is 2.84. The first-order valence-electron chi connectivity index (χ1n) is 7.11. The van der Waals surface area contributed by atoms with Gasteiger partial charge in [-0.05, 0) is 38.0 Å². The maximum Gasteiger partial charge on any atom is 0.451 e. The van der Waals surface area contributed by atoms with Crippen LogP contribution in [-0.4, -0.2) is 25.9 Å². The van der Waals surface area contributed by atoms with Crippen molar-refractivity contribution in [1.29, 1.82) is 0 Å². The number of nitrogens with one attached hydrogen (secondary N) is 1. The van der Waals surface area contributed by atoms with Gasteiger partial charge in [-0.25, -0.2) is 0 Å². The van der Waals surface area contributed by atoms with Crippen LogP contribution in [0.25, 0.3) is 0 Å². The number of nitrogens with zero attached hydrogens (tertiary/aromatic N) is 3. The Bertz CT molecular complexity index is 758. The summed E-state index contributed by atoms with van der Waals surface area (Å²) in [6.07, 6.45) is -4.58. The topological polar surface area (TPSA) is 59.8 Å². The molecule has 0 radical (unpaired) electrons. The van der Waals surface area contributed by atoms with Crippen molar-refractivity contribution in [1.82, 2.24) is 14.8 Å². The van der Waals surface area contributed by atoms with E-state index >= 15 is 0 Å². The standard InChI is InChI=1S/C15H17F3N4OS/c1-8-5-6-9(2)11(7-8)19-12(23)10(3)24-14-21-20-13(22(14)4)15(16,17)18/h5-7,10H,1-4H3,(H,19,23). The SMILES string of the molecule is Cc1ccc(C)c(NC(=O)C(C)Sc2nnc(C(F)(F)F)n2C)c1. The summed E-state index contributed by atoms with van der Waals surface area (Å²) in [5.74, 6) is -1.41. The van der Waals surface area contributed by atoms with Gasteiger partial charge in [0.25, 0.3) is 0 Å². The van der Waals surface area contributed by atoms with E-state index in [4.69, 9.17) is 0 Å². The molecular weight excluding hydrogens is 341 g/mol. The lowest BCUT2D eigenvalue weighted by molar-refractivity contribution is -0.147. The van der Waals surface area contributed by atoms with E-state index in [9.17, 15) is 18.0 Å². The minimum atomic E-state index is -4.58. The molecule has 130 valence electrons. The van der Waals surface area contributed by atoms with E-state index < -0.39 is 17.3 Å². The van der Waals surface area contributed by atoms with Crippen molar-refractivity contribution < 1.29 is 18.0 Å². The fourth-order valence-electron chi connectivity index (χ4n) is 1.98. The van der Waals surface area contributed by atoms with Crippen molar-refractivity contribution in [3.8, 4) is 0 Å². The third kappa shape index (κ3) is 4.08. The Morgan fingerprint density at radius 3 is 2.54 bits per heavy atom. The summed E-state index contributed by atoms with van der Waals surface area (Å²) in [5, 5.41) is 8.85. The van der Waals surface area contributed by atoms with Crippen molar-refractivity contribution in [3.63, 3.8) is 0 Å². The Morgan fingerprint density at radius 2 is 1.96 bits per heavy atom. The molecule has 0 bridgehead atoms. The molecule has 0 saturated heterocycles. The monoisotopic (exact) mass is 358 g/mol. The van der Waals surface area contributed by atoms with E-state index in [1.165, 1.54) is 7.05 Å². The first-order chi connectivity index (χ1) is 11.1. The van der Waals surface area contributed by atoms with Crippen molar-refractivity contribution in [2.45, 2.75) is 37.4 Å². The van der Waals surface area contributed by atoms with Gasteiger partial charge in [0.15, 0.2) is 5.16 Å². The number of benzene rings is 1. The second-order valence-electron chi connectivity index (χ2n) is 5.43. The van der Waals surface area contributed by atoms with Crippen LogP contribution in [0.2, 0.25) is 0 Å². The number of aromatic nitrogens is 3. The molecule has 1 N–H and O–H groups in total. The minimum absolute atomic E-state index is 0.0333. The number of anilines is 1. The highest BCUT2D eigenvalue weighted by Gasteiger charge is 2.37. The molecule has 0 spiro atoms. The smallest absolute Gasteiger partial charge is 0.325 e. The number of alkyl halides is 3. The first kappa shape index (κ1) is 18.3. The summed E-state index contributed by atoms with van der Waals surface area (Å²) in [4.78, 5) is 12.3. The molecule has 9 heteroatoms. The number of aryl methyl sites for hydroxylation is 2. The van der Waals surface area contributed by atoms with Gasteiger partial charge in [0.2, 0.25) is 11.7 Å². The van der Waals surface area contributed by atoms with Crippen molar-refractivity contribution >= 4 is 23.4 Å². The third-order valence-corrected chi connectivity index (χ3v) is 4.52. The maximum absolute atomic E-state index is 12.7. The van der Waals surface area contributed by atoms with Crippen LogP contribution in [0.3, 0.4) is 0 Å². The second kappa shape index (κ2) is 6.84. The number of halogens is 3. The highest BCUT2D eigenvalue weighted by Crippen LogP contribution is 2.31. The highest BCUT2D eigenvalue weighted by atomic mass is 32.2. The molecule has 0 aliphatic carbocycles. The van der Waals surface area contributed by atoms with Crippen LogP contribution in [0.5, 0.6) is 0 Å². The van der Waals surface area contributed by atoms with E-state index in [0.717, 1.165) is 27.5 Å². The van der Waals surface area contributed by atoms with Crippen molar-refractivity contribution in [2.24, 2.45) is 7.05 Å². The molecule has 1 unspecified atom stereocenters. The average molecular weight is 358 g/mol. The number of carbonyl (C=O) groups is 1. The summed E-state index contributed by atoms with van der Waals surface area (Å²) in [5.41, 5.74) is 2.59. The summed E-state index contributed by atoms with van der Waals surface area (Å²) >= 11 is 0.922. The van der Waals surface area contributed by atoms with E-state index in [2.05, 4.69) is 15.5 Å². The molecule has 1 aromatic heterocycles. The fourth-order valence-corrected chi connectivity index (χ4v) is 2.80. The maximum atomic E-state index is 12.7. The summed E-state index contributed by atoms with van der Waals surface area (Å²) in [6, 6.07) is 5.66. The molecule has 1 heterocycles. The summed E-state index contributed by atoms with van der Waals surface area (Å²) in [7, 11) is 1.22. The predicted molar refractivity (Wildman–Crippen MR) is 85.9 cm³/mol. The van der Waals surface area contributed by atoms with Gasteiger partial charge in [0.05, 0.1) is 5.25 Å². The number of thioether (sulfide) groups is 1. The third-order valence-electron chi connectivity index (χ3n) is 3.39. The van der Waals surface area contributed by atoms with Gasteiger partial charge in [0, 0.05) is 12.7 Å². The Morgan fingerprint density at radius 1 is 1.29 bits per heavy atom. The van der Waals surface area contributed by atoms with Crippen LogP contribution in [0.15, 0.2) is 23.4 Å². The minimum Gasteiger partial charge on any atom is -0.325 e. The Balaban J connectivity index is 2.10. The quantitative estimate of drug-likeness (QED) is 0.849. The number of hydrogen-bond acceptors (Lipinski definition) is 4. The summed E-state index contributed by atoms with van der Waals surface area (Å²) in [6.45, 7) is 5.38. The molecule has 0 fully saturated rings. The zero-order valence-corrected chi connectivity index (χ0v) is 14.4. The molecule has 1 aromatic carbocycles. The van der Waals surface area contributed by atoms with E-state index in [1.54, 1.807) is 6.92 Å². The Kier molecular flexibility index (Phi) is 5.22. The van der Waals surface area contributed by atoms with Gasteiger partial charge in [0.1, 0.15) is 0 Å². The molecule has 0 aliphatic rings. The van der Waals surface area contributed by atoms with E-state index in [1.807, 2.05) is 32.0 Å². The zero-order chi connectivity index (χ0) is 18.1. The molecule has 0 saturated carbocycles. The lowest BCUT2D eigenvalue weighted by atomic mass is 10.1. The molecule has 24 heavy (non-hydrogen) atoms. The van der Waals surface area contributed by atoms with Gasteiger partial charge >= 0.3 is 6.18 Å². The largest absolute Gasteiger partial charge is 0.451 e.